The molecule has 8 amide bonds. The molecule has 0 aliphatic carbocycles. The van der Waals surface area contributed by atoms with Crippen LogP contribution in [-0.4, -0.2) is 135 Å². The van der Waals surface area contributed by atoms with Crippen molar-refractivity contribution in [2.75, 3.05) is 6.54 Å². The molecule has 364 valence electrons. The van der Waals surface area contributed by atoms with Crippen LogP contribution in [0.4, 0.5) is 0 Å². The number of nitrogens with one attached hydrogen (secondary N) is 8. The summed E-state index contributed by atoms with van der Waals surface area (Å²) in [5, 5.41) is 48.7. The zero-order chi connectivity index (χ0) is 49.9. The number of hydrogen-bond acceptors (Lipinski definition) is 12. The molecule has 22 nitrogen and oxygen atoms in total. The third-order valence-electron chi connectivity index (χ3n) is 9.97. The average Bonchev–Trinajstić information content (AvgIpc) is 3.20. The maximum absolute atomic E-state index is 13.6. The quantitative estimate of drug-likeness (QED) is 0.0456. The maximum Gasteiger partial charge on any atom is 0.326 e. The van der Waals surface area contributed by atoms with Gasteiger partial charge in [0.25, 0.3) is 0 Å². The Kier molecular flexibility index (Phi) is 23.8. The normalized spacial score (nSPS) is 15.4. The number of amides is 8. The third kappa shape index (κ3) is 20.1. The van der Waals surface area contributed by atoms with Crippen LogP contribution < -0.4 is 48.3 Å². The highest BCUT2D eigenvalue weighted by Crippen LogP contribution is 2.10. The monoisotopic (exact) mass is 920 g/mol. The van der Waals surface area contributed by atoms with E-state index in [9.17, 15) is 63.3 Å². The molecule has 0 saturated carbocycles. The van der Waals surface area contributed by atoms with E-state index in [4.69, 9.17) is 5.73 Å². The minimum absolute atomic E-state index is 0.0557. The number of aliphatic hydroxyl groups is 1. The Balaban J connectivity index is 3.16. The predicted octanol–water partition coefficient (Wildman–Crippen LogP) is -1.96. The van der Waals surface area contributed by atoms with Crippen LogP contribution in [0.1, 0.15) is 87.6 Å². The number of carboxylic acid groups (broad SMARTS) is 2. The Morgan fingerprint density at radius 3 is 1.49 bits per heavy atom. The van der Waals surface area contributed by atoms with Crippen molar-refractivity contribution in [3.05, 3.63) is 35.9 Å². The molecule has 0 heterocycles. The van der Waals surface area contributed by atoms with Gasteiger partial charge in [0.2, 0.25) is 47.3 Å². The second-order valence-electron chi connectivity index (χ2n) is 17.4. The Bertz CT molecular complexity index is 1820. The zero-order valence-corrected chi connectivity index (χ0v) is 38.7. The van der Waals surface area contributed by atoms with E-state index in [0.29, 0.717) is 12.0 Å². The van der Waals surface area contributed by atoms with Crippen molar-refractivity contribution in [1.82, 2.24) is 42.5 Å². The number of carbonyl (C=O) groups is 10. The molecule has 0 aliphatic rings. The second kappa shape index (κ2) is 27.2. The smallest absolute Gasteiger partial charge is 0.326 e. The van der Waals surface area contributed by atoms with Crippen LogP contribution in [-0.2, 0) is 54.4 Å². The predicted molar refractivity (Wildman–Crippen MR) is 236 cm³/mol. The number of rotatable bonds is 27. The molecule has 0 spiro atoms. The van der Waals surface area contributed by atoms with Crippen molar-refractivity contribution in [3.8, 4) is 0 Å². The second-order valence-corrected chi connectivity index (χ2v) is 17.4. The number of hydrogen-bond donors (Lipinski definition) is 12. The molecule has 0 aliphatic heterocycles. The van der Waals surface area contributed by atoms with E-state index in [2.05, 4.69) is 42.5 Å². The van der Waals surface area contributed by atoms with Gasteiger partial charge < -0.3 is 63.6 Å². The van der Waals surface area contributed by atoms with Crippen LogP contribution in [0.25, 0.3) is 0 Å². The lowest BCUT2D eigenvalue weighted by Crippen LogP contribution is -2.61. The number of aliphatic carboxylic acids is 2. The van der Waals surface area contributed by atoms with Crippen LogP contribution in [0.5, 0.6) is 0 Å². The van der Waals surface area contributed by atoms with Gasteiger partial charge >= 0.3 is 11.9 Å². The summed E-state index contributed by atoms with van der Waals surface area (Å²) in [5.41, 5.74) is 6.55. The van der Waals surface area contributed by atoms with Gasteiger partial charge in [-0.15, -0.1) is 0 Å². The van der Waals surface area contributed by atoms with Gasteiger partial charge in [-0.2, -0.15) is 0 Å². The lowest BCUT2D eigenvalue weighted by molar-refractivity contribution is -0.143. The van der Waals surface area contributed by atoms with Crippen LogP contribution in [0.15, 0.2) is 30.3 Å². The molecule has 1 aromatic rings. The SMILES string of the molecule is CC(C)C[C@H](N)C(=O)N[C@H](C(=O)N[C@@H](Cc1ccccc1)C(=O)NCC(=O)N[C@@H](CC(=O)O)C(=O)N[C@H](C(=O)N[C@H](C(=O)N[C@@H](C)C(=O)N[C@H](C(=O)O)C(C)C)C(C)C)C(C)C)[C@@H](C)O. The summed E-state index contributed by atoms with van der Waals surface area (Å²) in [5.74, 6) is -11.5. The molecule has 1 aromatic carbocycles. The molecular formula is C43H69N9O13. The lowest BCUT2D eigenvalue weighted by Gasteiger charge is -2.29. The van der Waals surface area contributed by atoms with Gasteiger partial charge in [-0.1, -0.05) is 85.7 Å². The van der Waals surface area contributed by atoms with E-state index in [1.807, 2.05) is 13.8 Å². The number of carbonyl (C=O) groups excluding carboxylic acids is 8. The first-order valence-corrected chi connectivity index (χ1v) is 21.5. The van der Waals surface area contributed by atoms with Crippen molar-refractivity contribution in [3.63, 3.8) is 0 Å². The van der Waals surface area contributed by atoms with Crippen molar-refractivity contribution in [2.45, 2.75) is 143 Å². The van der Waals surface area contributed by atoms with Crippen molar-refractivity contribution in [2.24, 2.45) is 29.4 Å². The maximum atomic E-state index is 13.6. The van der Waals surface area contributed by atoms with Crippen LogP contribution in [0, 0.1) is 23.7 Å². The van der Waals surface area contributed by atoms with Crippen LogP contribution in [0.3, 0.4) is 0 Å². The highest BCUT2D eigenvalue weighted by molar-refractivity contribution is 5.98. The van der Waals surface area contributed by atoms with Gasteiger partial charge in [-0.05, 0) is 49.5 Å². The number of carboxylic acids is 2. The van der Waals surface area contributed by atoms with Gasteiger partial charge in [0.15, 0.2) is 0 Å². The first-order chi connectivity index (χ1) is 30.2. The molecule has 0 radical (unpaired) electrons. The molecule has 22 heteroatoms. The molecule has 13 N–H and O–H groups in total. The topological polar surface area (TPSA) is 354 Å². The van der Waals surface area contributed by atoms with Crippen molar-refractivity contribution >= 4 is 59.2 Å². The molecule has 1 rings (SSSR count). The van der Waals surface area contributed by atoms with Gasteiger partial charge in [0.05, 0.1) is 25.1 Å². The van der Waals surface area contributed by atoms with Crippen molar-refractivity contribution < 1.29 is 63.3 Å². The van der Waals surface area contributed by atoms with Gasteiger partial charge in [0.1, 0.15) is 42.3 Å². The van der Waals surface area contributed by atoms with Crippen molar-refractivity contribution in [1.29, 1.82) is 0 Å². The Labute approximate surface area is 379 Å². The van der Waals surface area contributed by atoms with Crippen LogP contribution >= 0.6 is 0 Å². The summed E-state index contributed by atoms with van der Waals surface area (Å²) in [6, 6.07) is -2.25. The fourth-order valence-electron chi connectivity index (χ4n) is 6.25. The average molecular weight is 920 g/mol. The Morgan fingerprint density at radius 1 is 0.538 bits per heavy atom. The summed E-state index contributed by atoms with van der Waals surface area (Å²) in [6.07, 6.45) is -2.17. The van der Waals surface area contributed by atoms with E-state index in [1.54, 1.807) is 71.9 Å². The summed E-state index contributed by atoms with van der Waals surface area (Å²) in [4.78, 5) is 129. The first-order valence-electron chi connectivity index (χ1n) is 21.5. The van der Waals surface area contributed by atoms with E-state index in [-0.39, 0.29) is 12.3 Å². The third-order valence-corrected chi connectivity index (χ3v) is 9.97. The molecule has 65 heavy (non-hydrogen) atoms. The van der Waals surface area contributed by atoms with E-state index in [1.165, 1.54) is 13.8 Å². The summed E-state index contributed by atoms with van der Waals surface area (Å²) < 4.78 is 0. The standard InChI is InChI=1S/C43H69N9O13/c1-20(2)16-27(44)37(58)52-35(25(10)53)42(63)48-28(17-26-14-12-11-13-15-26)38(59)45-19-30(54)47-29(18-31(55)56)39(60)49-33(22(5)6)41(62)50-32(21(3)4)40(61)46-24(9)36(57)51-34(23(7)8)43(64)65/h11-15,20-25,27-29,32-35,53H,16-19,44H2,1-10H3,(H,45,59)(H,46,61)(H,47,54)(H,48,63)(H,49,60)(H,50,62)(H,51,57)(H,52,58)(H,55,56)(H,64,65)/t24-,25+,27-,28-,29-,32-,33-,34-,35-/m0/s1. The number of benzene rings is 1. The molecule has 0 fully saturated rings. The number of aliphatic hydroxyl groups excluding tert-OH is 1. The minimum atomic E-state index is -1.77. The highest BCUT2D eigenvalue weighted by atomic mass is 16.4. The van der Waals surface area contributed by atoms with Gasteiger partial charge in [0, 0.05) is 6.42 Å². The molecule has 0 aromatic heterocycles. The first kappa shape index (κ1) is 56.9. The highest BCUT2D eigenvalue weighted by Gasteiger charge is 2.36. The Morgan fingerprint density at radius 2 is 1.02 bits per heavy atom. The fourth-order valence-corrected chi connectivity index (χ4v) is 6.25. The summed E-state index contributed by atoms with van der Waals surface area (Å²) in [6.45, 7) is 15.0. The van der Waals surface area contributed by atoms with Gasteiger partial charge in [-0.25, -0.2) is 4.79 Å². The molecule has 9 atom stereocenters. The summed E-state index contributed by atoms with van der Waals surface area (Å²) in [7, 11) is 0. The zero-order valence-electron chi connectivity index (χ0n) is 38.7. The Hall–Kier alpha value is -6.16. The lowest BCUT2D eigenvalue weighted by atomic mass is 9.99. The van der Waals surface area contributed by atoms with Gasteiger partial charge in [-0.3, -0.25) is 43.2 Å². The largest absolute Gasteiger partial charge is 0.481 e. The number of nitrogens with two attached hydrogens (primary N) is 1. The molecule has 0 saturated heterocycles. The fraction of sp³-hybridized carbons (Fsp3) is 0.628. The van der Waals surface area contributed by atoms with E-state index in [0.717, 1.165) is 0 Å². The summed E-state index contributed by atoms with van der Waals surface area (Å²) >= 11 is 0. The molecule has 0 bridgehead atoms. The van der Waals surface area contributed by atoms with E-state index < -0.39 is 144 Å². The van der Waals surface area contributed by atoms with Crippen LogP contribution in [0.2, 0.25) is 0 Å². The minimum Gasteiger partial charge on any atom is -0.481 e. The molecule has 0 unspecified atom stereocenters. The molecular weight excluding hydrogens is 851 g/mol. The van der Waals surface area contributed by atoms with E-state index >= 15 is 0 Å².